The van der Waals surface area contributed by atoms with Crippen molar-refractivity contribution in [2.24, 2.45) is 5.73 Å². The van der Waals surface area contributed by atoms with Crippen molar-refractivity contribution in [2.45, 2.75) is 25.6 Å². The zero-order chi connectivity index (χ0) is 13.8. The van der Waals surface area contributed by atoms with E-state index in [4.69, 9.17) is 22.1 Å². The maximum absolute atomic E-state index is 11.6. The van der Waals surface area contributed by atoms with Crippen LogP contribution in [0.4, 0.5) is 0 Å². The van der Waals surface area contributed by atoms with Crippen molar-refractivity contribution in [2.75, 3.05) is 12.4 Å². The molecule has 6 heteroatoms. The van der Waals surface area contributed by atoms with Crippen LogP contribution in [0.1, 0.15) is 19.4 Å². The highest BCUT2D eigenvalue weighted by Gasteiger charge is 2.15. The van der Waals surface area contributed by atoms with Crippen LogP contribution < -0.4 is 10.5 Å². The van der Waals surface area contributed by atoms with E-state index < -0.39 is 9.84 Å². The predicted octanol–water partition coefficient (Wildman–Crippen LogP) is 2.00. The number of rotatable bonds is 6. The monoisotopic (exact) mass is 291 g/mol. The molecule has 0 fully saturated rings. The lowest BCUT2D eigenvalue weighted by molar-refractivity contribution is 0.340. The van der Waals surface area contributed by atoms with Crippen molar-refractivity contribution in [3.63, 3.8) is 0 Å². The maximum atomic E-state index is 11.6. The highest BCUT2D eigenvalue weighted by molar-refractivity contribution is 7.91. The molecule has 0 saturated heterocycles. The molecule has 0 heterocycles. The molecule has 0 aliphatic rings. The number of ether oxygens (including phenoxy) is 1. The van der Waals surface area contributed by atoms with Crippen LogP contribution in [0.2, 0.25) is 5.02 Å². The second-order valence-electron chi connectivity index (χ2n) is 4.22. The topological polar surface area (TPSA) is 69.4 Å². The summed E-state index contributed by atoms with van der Waals surface area (Å²) in [6, 6.07) is 5.15. The third-order valence-electron chi connectivity index (χ3n) is 2.60. The second kappa shape index (κ2) is 6.41. The molecule has 1 aromatic carbocycles. The molecule has 4 nitrogen and oxygen atoms in total. The number of sulfone groups is 1. The van der Waals surface area contributed by atoms with Gasteiger partial charge in [-0.25, -0.2) is 8.42 Å². The predicted molar refractivity (Wildman–Crippen MR) is 73.8 cm³/mol. The van der Waals surface area contributed by atoms with Gasteiger partial charge in [-0.2, -0.15) is 0 Å². The maximum Gasteiger partial charge on any atom is 0.155 e. The third-order valence-corrected chi connectivity index (χ3v) is 5.12. The molecular formula is C12H18ClNO3S. The lowest BCUT2D eigenvalue weighted by atomic mass is 10.2. The summed E-state index contributed by atoms with van der Waals surface area (Å²) in [6.45, 7) is 3.80. The van der Waals surface area contributed by atoms with E-state index in [1.165, 1.54) is 0 Å². The molecule has 0 aliphatic carbocycles. The normalized spacial score (nSPS) is 11.8. The Kier molecular flexibility index (Phi) is 5.44. The molecule has 0 radical (unpaired) electrons. The van der Waals surface area contributed by atoms with E-state index in [1.54, 1.807) is 32.0 Å². The van der Waals surface area contributed by atoms with Crippen molar-refractivity contribution in [1.82, 2.24) is 0 Å². The van der Waals surface area contributed by atoms with Crippen LogP contribution >= 0.6 is 11.6 Å². The molecule has 2 N–H and O–H groups in total. The van der Waals surface area contributed by atoms with E-state index in [0.717, 1.165) is 5.56 Å². The quantitative estimate of drug-likeness (QED) is 0.870. The first-order valence-electron chi connectivity index (χ1n) is 5.69. The summed E-state index contributed by atoms with van der Waals surface area (Å²) in [6.07, 6.45) is 0. The summed E-state index contributed by atoms with van der Waals surface area (Å²) in [4.78, 5) is 0. The molecule has 0 amide bonds. The van der Waals surface area contributed by atoms with Gasteiger partial charge in [-0.3, -0.25) is 0 Å². The van der Waals surface area contributed by atoms with Crippen LogP contribution in [0.15, 0.2) is 18.2 Å². The summed E-state index contributed by atoms with van der Waals surface area (Å²) in [5.74, 6) is 0.553. The summed E-state index contributed by atoms with van der Waals surface area (Å²) in [5, 5.41) is 0.144. The Bertz CT molecular complexity index is 500. The number of hydrogen-bond donors (Lipinski definition) is 1. The lowest BCUT2D eigenvalue weighted by Gasteiger charge is -2.10. The Hall–Kier alpha value is -0.780. The van der Waals surface area contributed by atoms with Crippen LogP contribution in [0, 0.1) is 0 Å². The zero-order valence-electron chi connectivity index (χ0n) is 10.5. The first-order chi connectivity index (χ1) is 8.36. The van der Waals surface area contributed by atoms with E-state index in [1.807, 2.05) is 0 Å². The third kappa shape index (κ3) is 4.15. The van der Waals surface area contributed by atoms with Crippen LogP contribution in [-0.4, -0.2) is 26.0 Å². The highest BCUT2D eigenvalue weighted by Crippen LogP contribution is 2.22. The van der Waals surface area contributed by atoms with Gasteiger partial charge >= 0.3 is 0 Å². The summed E-state index contributed by atoms with van der Waals surface area (Å²) >= 11 is 5.97. The molecule has 0 aromatic heterocycles. The van der Waals surface area contributed by atoms with E-state index >= 15 is 0 Å². The minimum atomic E-state index is -3.07. The minimum absolute atomic E-state index is 0.000919. The van der Waals surface area contributed by atoms with Gasteiger partial charge in [0.1, 0.15) is 12.4 Å². The summed E-state index contributed by atoms with van der Waals surface area (Å²) in [7, 11) is -3.07. The van der Waals surface area contributed by atoms with Gasteiger partial charge in [0.15, 0.2) is 9.84 Å². The fraction of sp³-hybridized carbons (Fsp3) is 0.500. The van der Waals surface area contributed by atoms with Gasteiger partial charge in [0.05, 0.1) is 11.0 Å². The first-order valence-corrected chi connectivity index (χ1v) is 7.79. The second-order valence-corrected chi connectivity index (χ2v) is 7.31. The molecule has 0 bridgehead atoms. The number of halogens is 1. The Balaban J connectivity index is 2.57. The van der Waals surface area contributed by atoms with Gasteiger partial charge in [-0.1, -0.05) is 17.7 Å². The molecule has 0 spiro atoms. The smallest absolute Gasteiger partial charge is 0.155 e. The van der Waals surface area contributed by atoms with Crippen LogP contribution in [-0.2, 0) is 16.4 Å². The van der Waals surface area contributed by atoms with Gasteiger partial charge in [0, 0.05) is 11.6 Å². The van der Waals surface area contributed by atoms with Gasteiger partial charge < -0.3 is 10.5 Å². The SMILES string of the molecule is CC(C)S(=O)(=O)CCOc1ccc(CN)c(Cl)c1. The highest BCUT2D eigenvalue weighted by atomic mass is 35.5. The van der Waals surface area contributed by atoms with Gasteiger partial charge in [0.2, 0.25) is 0 Å². The molecule has 0 atom stereocenters. The van der Waals surface area contributed by atoms with Crippen molar-refractivity contribution in [3.05, 3.63) is 28.8 Å². The van der Waals surface area contributed by atoms with Gasteiger partial charge in [0.25, 0.3) is 0 Å². The fourth-order valence-electron chi connectivity index (χ4n) is 1.29. The Morgan fingerprint density at radius 2 is 2.06 bits per heavy atom. The molecule has 102 valence electrons. The van der Waals surface area contributed by atoms with E-state index in [0.29, 0.717) is 17.3 Å². The Morgan fingerprint density at radius 1 is 1.39 bits per heavy atom. The zero-order valence-corrected chi connectivity index (χ0v) is 12.1. The number of nitrogens with two attached hydrogens (primary N) is 1. The van der Waals surface area contributed by atoms with E-state index in [9.17, 15) is 8.42 Å². The summed E-state index contributed by atoms with van der Waals surface area (Å²) < 4.78 is 28.5. The standard InChI is InChI=1S/C12H18ClNO3S/c1-9(2)18(15,16)6-5-17-11-4-3-10(8-14)12(13)7-11/h3-4,7,9H,5-6,8,14H2,1-2H3. The minimum Gasteiger partial charge on any atom is -0.492 e. The summed E-state index contributed by atoms with van der Waals surface area (Å²) in [5.41, 5.74) is 6.32. The molecule has 0 unspecified atom stereocenters. The fourth-order valence-corrected chi connectivity index (χ4v) is 2.33. The van der Waals surface area contributed by atoms with Crippen LogP contribution in [0.3, 0.4) is 0 Å². The largest absolute Gasteiger partial charge is 0.492 e. The van der Waals surface area contributed by atoms with Crippen molar-refractivity contribution in [1.29, 1.82) is 0 Å². The average Bonchev–Trinajstić information content (AvgIpc) is 2.29. The number of hydrogen-bond acceptors (Lipinski definition) is 4. The Labute approximate surface area is 113 Å². The molecule has 1 aromatic rings. The van der Waals surface area contributed by atoms with Crippen LogP contribution in [0.25, 0.3) is 0 Å². The van der Waals surface area contributed by atoms with E-state index in [2.05, 4.69) is 0 Å². The van der Waals surface area contributed by atoms with E-state index in [-0.39, 0.29) is 17.6 Å². The van der Waals surface area contributed by atoms with Gasteiger partial charge in [-0.05, 0) is 31.5 Å². The first kappa shape index (κ1) is 15.3. The average molecular weight is 292 g/mol. The Morgan fingerprint density at radius 3 is 2.56 bits per heavy atom. The van der Waals surface area contributed by atoms with Crippen molar-refractivity contribution in [3.8, 4) is 5.75 Å². The molecular weight excluding hydrogens is 274 g/mol. The molecule has 0 saturated carbocycles. The van der Waals surface area contributed by atoms with Gasteiger partial charge in [-0.15, -0.1) is 0 Å². The molecule has 18 heavy (non-hydrogen) atoms. The number of benzene rings is 1. The van der Waals surface area contributed by atoms with Crippen LogP contribution in [0.5, 0.6) is 5.75 Å². The lowest BCUT2D eigenvalue weighted by Crippen LogP contribution is -2.22. The van der Waals surface area contributed by atoms with Crippen molar-refractivity contribution < 1.29 is 13.2 Å². The molecule has 1 rings (SSSR count). The molecule has 0 aliphatic heterocycles. The van der Waals surface area contributed by atoms with Crippen molar-refractivity contribution >= 4 is 21.4 Å².